The number of anilines is 1. The van der Waals surface area contributed by atoms with Crippen molar-refractivity contribution in [2.45, 2.75) is 46.5 Å². The maximum atomic E-state index is 12.7. The van der Waals surface area contributed by atoms with E-state index < -0.39 is 0 Å². The Hall–Kier alpha value is -2.96. The van der Waals surface area contributed by atoms with Gasteiger partial charge in [-0.15, -0.1) is 0 Å². The summed E-state index contributed by atoms with van der Waals surface area (Å²) < 4.78 is 5.28. The minimum Gasteiger partial charge on any atom is -0.495 e. The summed E-state index contributed by atoms with van der Waals surface area (Å²) in [4.78, 5) is 36.2. The van der Waals surface area contributed by atoms with Gasteiger partial charge in [0.15, 0.2) is 0 Å². The van der Waals surface area contributed by atoms with Crippen LogP contribution in [0.1, 0.15) is 61.4 Å². The number of hydrogen-bond acceptors (Lipinski definition) is 5. The Balaban J connectivity index is 1.67. The lowest BCUT2D eigenvalue weighted by Crippen LogP contribution is -2.43. The smallest absolute Gasteiger partial charge is 0.259 e. The minimum atomic E-state index is -0.365. The first-order chi connectivity index (χ1) is 14.2. The van der Waals surface area contributed by atoms with Crippen LogP contribution in [0.2, 0.25) is 0 Å². The number of para-hydroxylation sites is 2. The van der Waals surface area contributed by atoms with Crippen LogP contribution in [0, 0.1) is 12.3 Å². The summed E-state index contributed by atoms with van der Waals surface area (Å²) in [6.07, 6.45) is 3.25. The molecular formula is C23H30N4O3. The molecule has 3 rings (SSSR count). The van der Waals surface area contributed by atoms with E-state index in [4.69, 9.17) is 4.74 Å². The molecule has 1 saturated heterocycles. The van der Waals surface area contributed by atoms with Crippen molar-refractivity contribution in [1.29, 1.82) is 0 Å². The zero-order chi connectivity index (χ0) is 21.9. The topological polar surface area (TPSA) is 84.4 Å². The number of ether oxygens (including phenoxy) is 1. The summed E-state index contributed by atoms with van der Waals surface area (Å²) in [6.45, 7) is 9.08. The highest BCUT2D eigenvalue weighted by molar-refractivity contribution is 6.05. The molecule has 0 bridgehead atoms. The number of carbonyl (C=O) groups is 2. The van der Waals surface area contributed by atoms with Crippen molar-refractivity contribution in [2.75, 3.05) is 25.5 Å². The van der Waals surface area contributed by atoms with Crippen molar-refractivity contribution in [1.82, 2.24) is 14.9 Å². The van der Waals surface area contributed by atoms with Gasteiger partial charge in [-0.1, -0.05) is 32.9 Å². The van der Waals surface area contributed by atoms with Gasteiger partial charge in [0.2, 0.25) is 5.91 Å². The Morgan fingerprint density at radius 2 is 1.83 bits per heavy atom. The normalized spacial score (nSPS) is 15.0. The molecule has 1 aliphatic rings. The highest BCUT2D eigenvalue weighted by Crippen LogP contribution is 2.29. The maximum absolute atomic E-state index is 12.7. The maximum Gasteiger partial charge on any atom is 0.259 e. The van der Waals surface area contributed by atoms with Crippen LogP contribution >= 0.6 is 0 Å². The van der Waals surface area contributed by atoms with Crippen LogP contribution in [-0.4, -0.2) is 46.9 Å². The fourth-order valence-corrected chi connectivity index (χ4v) is 3.66. The average Bonchev–Trinajstić information content (AvgIpc) is 2.73. The quantitative estimate of drug-likeness (QED) is 0.829. The molecule has 0 aliphatic carbocycles. The van der Waals surface area contributed by atoms with Gasteiger partial charge in [0.25, 0.3) is 5.91 Å². The molecule has 1 N–H and O–H groups in total. The van der Waals surface area contributed by atoms with Crippen LogP contribution in [0.5, 0.6) is 5.75 Å². The lowest BCUT2D eigenvalue weighted by atomic mass is 9.90. The highest BCUT2D eigenvalue weighted by atomic mass is 16.5. The number of aromatic nitrogens is 2. The molecule has 0 spiro atoms. The van der Waals surface area contributed by atoms with Crippen LogP contribution in [0.4, 0.5) is 5.69 Å². The van der Waals surface area contributed by atoms with Crippen molar-refractivity contribution in [3.63, 3.8) is 0 Å². The number of hydrogen-bond donors (Lipinski definition) is 1. The highest BCUT2D eigenvalue weighted by Gasteiger charge is 2.31. The molecule has 1 aliphatic heterocycles. The van der Waals surface area contributed by atoms with E-state index in [0.717, 1.165) is 18.7 Å². The molecule has 0 unspecified atom stereocenters. The monoisotopic (exact) mass is 410 g/mol. The molecule has 1 aromatic carbocycles. The van der Waals surface area contributed by atoms with E-state index in [1.165, 1.54) is 0 Å². The molecule has 0 atom stereocenters. The standard InChI is InChI=1S/C23H30N4O3/c1-15-17(21(28)26-18-8-6-7-9-19(18)30-5)14-24-20(25-15)16-10-12-27(13-11-16)22(29)23(2,3)4/h6-9,14,16H,10-13H2,1-5H3,(H,26,28). The second kappa shape index (κ2) is 8.81. The van der Waals surface area contributed by atoms with Gasteiger partial charge >= 0.3 is 0 Å². The number of benzene rings is 1. The lowest BCUT2D eigenvalue weighted by Gasteiger charge is -2.35. The minimum absolute atomic E-state index is 0.182. The molecule has 7 heteroatoms. The zero-order valence-corrected chi connectivity index (χ0v) is 18.4. The number of methoxy groups -OCH3 is 1. The summed E-state index contributed by atoms with van der Waals surface area (Å²) in [5, 5.41) is 2.86. The number of piperidine rings is 1. The Kier molecular flexibility index (Phi) is 6.39. The van der Waals surface area contributed by atoms with E-state index in [0.29, 0.717) is 35.8 Å². The van der Waals surface area contributed by atoms with Gasteiger partial charge in [0.05, 0.1) is 24.1 Å². The van der Waals surface area contributed by atoms with Crippen LogP contribution < -0.4 is 10.1 Å². The van der Waals surface area contributed by atoms with Crippen molar-refractivity contribution >= 4 is 17.5 Å². The first kappa shape index (κ1) is 21.7. The number of likely N-dealkylation sites (tertiary alicyclic amines) is 1. The average molecular weight is 411 g/mol. The molecule has 1 aromatic heterocycles. The van der Waals surface area contributed by atoms with Gasteiger partial charge in [-0.3, -0.25) is 9.59 Å². The molecule has 2 amide bonds. The second-order valence-corrected chi connectivity index (χ2v) is 8.70. The largest absolute Gasteiger partial charge is 0.495 e. The number of nitrogens with one attached hydrogen (secondary N) is 1. The van der Waals surface area contributed by atoms with Crippen LogP contribution in [0.15, 0.2) is 30.5 Å². The Morgan fingerprint density at radius 1 is 1.17 bits per heavy atom. The summed E-state index contributed by atoms with van der Waals surface area (Å²) >= 11 is 0. The molecule has 160 valence electrons. The predicted molar refractivity (Wildman–Crippen MR) is 116 cm³/mol. The van der Waals surface area contributed by atoms with E-state index in [2.05, 4.69) is 15.3 Å². The Labute approximate surface area is 177 Å². The second-order valence-electron chi connectivity index (χ2n) is 8.70. The van der Waals surface area contributed by atoms with Crippen molar-refractivity contribution in [3.8, 4) is 5.75 Å². The fraction of sp³-hybridized carbons (Fsp3) is 0.478. The van der Waals surface area contributed by atoms with Crippen molar-refractivity contribution in [2.24, 2.45) is 5.41 Å². The molecule has 1 fully saturated rings. The van der Waals surface area contributed by atoms with Gasteiger partial charge in [0.1, 0.15) is 11.6 Å². The van der Waals surface area contributed by atoms with Gasteiger partial charge in [-0.25, -0.2) is 9.97 Å². The van der Waals surface area contributed by atoms with E-state index in [9.17, 15) is 9.59 Å². The molecular weight excluding hydrogens is 380 g/mol. The molecule has 0 saturated carbocycles. The first-order valence-electron chi connectivity index (χ1n) is 10.3. The van der Waals surface area contributed by atoms with Gasteiger partial charge in [-0.05, 0) is 31.9 Å². The SMILES string of the molecule is COc1ccccc1NC(=O)c1cnc(C2CCN(C(=O)C(C)(C)C)CC2)nc1C. The third-order valence-electron chi connectivity index (χ3n) is 5.39. The van der Waals surface area contributed by atoms with Crippen molar-refractivity contribution in [3.05, 3.63) is 47.5 Å². The first-order valence-corrected chi connectivity index (χ1v) is 10.3. The van der Waals surface area contributed by atoms with E-state index in [-0.39, 0.29) is 23.1 Å². The third-order valence-corrected chi connectivity index (χ3v) is 5.39. The summed E-state index contributed by atoms with van der Waals surface area (Å²) in [6, 6.07) is 7.26. The number of carbonyl (C=O) groups excluding carboxylic acids is 2. The summed E-state index contributed by atoms with van der Waals surface area (Å²) in [5.41, 5.74) is 1.31. The Morgan fingerprint density at radius 3 is 2.43 bits per heavy atom. The molecule has 0 radical (unpaired) electrons. The van der Waals surface area contributed by atoms with Crippen LogP contribution in [-0.2, 0) is 4.79 Å². The fourth-order valence-electron chi connectivity index (χ4n) is 3.66. The molecule has 7 nitrogen and oxygen atoms in total. The van der Waals surface area contributed by atoms with Gasteiger partial charge < -0.3 is 15.0 Å². The third kappa shape index (κ3) is 4.78. The Bertz CT molecular complexity index is 928. The van der Waals surface area contributed by atoms with Crippen molar-refractivity contribution < 1.29 is 14.3 Å². The number of nitrogens with zero attached hydrogens (tertiary/aromatic N) is 3. The van der Waals surface area contributed by atoms with Crippen LogP contribution in [0.3, 0.4) is 0 Å². The van der Waals surface area contributed by atoms with Crippen LogP contribution in [0.25, 0.3) is 0 Å². The summed E-state index contributed by atoms with van der Waals surface area (Å²) in [7, 11) is 1.56. The molecule has 30 heavy (non-hydrogen) atoms. The lowest BCUT2D eigenvalue weighted by molar-refractivity contribution is -0.140. The van der Waals surface area contributed by atoms with E-state index in [1.807, 2.05) is 44.7 Å². The predicted octanol–water partition coefficient (Wildman–Crippen LogP) is 3.80. The molecule has 2 aromatic rings. The van der Waals surface area contributed by atoms with Gasteiger partial charge in [0, 0.05) is 30.6 Å². The zero-order valence-electron chi connectivity index (χ0n) is 18.4. The van der Waals surface area contributed by atoms with E-state index >= 15 is 0 Å². The number of amides is 2. The van der Waals surface area contributed by atoms with Gasteiger partial charge in [-0.2, -0.15) is 0 Å². The van der Waals surface area contributed by atoms with E-state index in [1.54, 1.807) is 25.4 Å². The molecule has 2 heterocycles. The summed E-state index contributed by atoms with van der Waals surface area (Å²) in [5.74, 6) is 1.44. The number of rotatable bonds is 4. The number of aryl methyl sites for hydroxylation is 1.